The van der Waals surface area contributed by atoms with Crippen molar-refractivity contribution in [1.82, 2.24) is 9.55 Å². The smallest absolute Gasteiger partial charge is 0.230 e. The van der Waals surface area contributed by atoms with Crippen molar-refractivity contribution in [2.45, 2.75) is 32.7 Å². The lowest BCUT2D eigenvalue weighted by Gasteiger charge is -2.06. The maximum Gasteiger partial charge on any atom is 0.230 e. The molecule has 0 fully saturated rings. The molecule has 0 bridgehead atoms. The first-order valence-corrected chi connectivity index (χ1v) is 9.86. The third-order valence-corrected chi connectivity index (χ3v) is 5.06. The fourth-order valence-electron chi connectivity index (χ4n) is 2.71. The summed E-state index contributed by atoms with van der Waals surface area (Å²) in [5.74, 6) is 0.827. The Labute approximate surface area is 163 Å². The second-order valence-corrected chi connectivity index (χ2v) is 7.61. The number of phenolic OH excluding ortho intramolecular Hbond substituents is 1. The van der Waals surface area contributed by atoms with Gasteiger partial charge >= 0.3 is 0 Å². The number of halogens is 2. The molecule has 3 aromatic rings. The van der Waals surface area contributed by atoms with Gasteiger partial charge in [-0.15, -0.1) is 0 Å². The number of imidazole rings is 1. The highest BCUT2D eigenvalue weighted by molar-refractivity contribution is 9.11. The maximum absolute atomic E-state index is 10.2. The summed E-state index contributed by atoms with van der Waals surface area (Å²) in [5, 5.41) is 10.2. The van der Waals surface area contributed by atoms with E-state index in [1.165, 1.54) is 12.8 Å². The van der Waals surface area contributed by atoms with Crippen LogP contribution in [-0.2, 0) is 6.54 Å². The molecule has 1 heterocycles. The lowest BCUT2D eigenvalue weighted by atomic mass is 10.2. The SMILES string of the molecule is CCCCCn1c(N=Cc2cc(Br)cc(Br)c2O)nc2ccccc21. The predicted molar refractivity (Wildman–Crippen MR) is 110 cm³/mol. The molecular weight excluding hydrogens is 446 g/mol. The van der Waals surface area contributed by atoms with E-state index in [9.17, 15) is 5.11 Å². The van der Waals surface area contributed by atoms with Gasteiger partial charge in [0.05, 0.1) is 15.5 Å². The Bertz CT molecular complexity index is 918. The molecule has 0 unspecified atom stereocenters. The van der Waals surface area contributed by atoms with E-state index in [-0.39, 0.29) is 5.75 Å². The molecule has 0 aliphatic heterocycles. The second kappa shape index (κ2) is 8.15. The largest absolute Gasteiger partial charge is 0.506 e. The Balaban J connectivity index is 1.99. The third kappa shape index (κ3) is 4.12. The number of nitrogens with zero attached hydrogens (tertiary/aromatic N) is 3. The first kappa shape index (κ1) is 18.1. The van der Waals surface area contributed by atoms with Crippen molar-refractivity contribution in [1.29, 1.82) is 0 Å². The van der Waals surface area contributed by atoms with Crippen LogP contribution in [0.15, 0.2) is 50.3 Å². The summed E-state index contributed by atoms with van der Waals surface area (Å²) in [6.45, 7) is 3.08. The summed E-state index contributed by atoms with van der Waals surface area (Å²) in [6, 6.07) is 11.7. The Hall–Kier alpha value is -1.66. The fourth-order valence-corrected chi connectivity index (χ4v) is 3.97. The van der Waals surface area contributed by atoms with Gasteiger partial charge in [0.2, 0.25) is 5.95 Å². The van der Waals surface area contributed by atoms with Crippen molar-refractivity contribution in [3.63, 3.8) is 0 Å². The van der Waals surface area contributed by atoms with Crippen LogP contribution >= 0.6 is 31.9 Å². The van der Waals surface area contributed by atoms with Gasteiger partial charge in [0.25, 0.3) is 0 Å². The van der Waals surface area contributed by atoms with Gasteiger partial charge in [-0.05, 0) is 46.6 Å². The van der Waals surface area contributed by atoms with E-state index in [1.54, 1.807) is 12.3 Å². The molecule has 0 atom stereocenters. The van der Waals surface area contributed by atoms with Crippen molar-refractivity contribution in [3.8, 4) is 5.75 Å². The highest BCUT2D eigenvalue weighted by Gasteiger charge is 2.10. The fraction of sp³-hybridized carbons (Fsp3) is 0.263. The van der Waals surface area contributed by atoms with Crippen LogP contribution in [0.2, 0.25) is 0 Å². The van der Waals surface area contributed by atoms with Gasteiger partial charge in [-0.25, -0.2) is 9.98 Å². The molecule has 1 aromatic heterocycles. The number of benzene rings is 2. The van der Waals surface area contributed by atoms with E-state index in [2.05, 4.69) is 59.4 Å². The summed E-state index contributed by atoms with van der Waals surface area (Å²) in [4.78, 5) is 9.20. The average Bonchev–Trinajstić information content (AvgIpc) is 2.95. The lowest BCUT2D eigenvalue weighted by Crippen LogP contribution is -1.97. The van der Waals surface area contributed by atoms with Crippen LogP contribution < -0.4 is 0 Å². The lowest BCUT2D eigenvalue weighted by molar-refractivity contribution is 0.471. The summed E-state index contributed by atoms with van der Waals surface area (Å²) in [7, 11) is 0. The van der Waals surface area contributed by atoms with Gasteiger partial charge < -0.3 is 9.67 Å². The Kier molecular flexibility index (Phi) is 5.91. The van der Waals surface area contributed by atoms with Crippen LogP contribution in [0, 0.1) is 0 Å². The number of aryl methyl sites for hydroxylation is 1. The number of hydrogen-bond donors (Lipinski definition) is 1. The molecule has 25 heavy (non-hydrogen) atoms. The molecule has 0 amide bonds. The zero-order valence-electron chi connectivity index (χ0n) is 13.9. The minimum Gasteiger partial charge on any atom is -0.506 e. The Morgan fingerprint density at radius 1 is 1.20 bits per heavy atom. The molecule has 2 aromatic carbocycles. The number of aromatic hydroxyl groups is 1. The summed E-state index contributed by atoms with van der Waals surface area (Å²) in [5.41, 5.74) is 2.66. The van der Waals surface area contributed by atoms with Crippen molar-refractivity contribution < 1.29 is 5.11 Å². The predicted octanol–water partition coefficient (Wildman–Crippen LogP) is 6.21. The maximum atomic E-state index is 10.2. The number of rotatable bonds is 6. The second-order valence-electron chi connectivity index (χ2n) is 5.84. The number of aromatic nitrogens is 2. The molecule has 0 radical (unpaired) electrons. The van der Waals surface area contributed by atoms with Gasteiger partial charge in [0, 0.05) is 22.8 Å². The molecule has 0 spiro atoms. The normalized spacial score (nSPS) is 11.6. The van der Waals surface area contributed by atoms with E-state index < -0.39 is 0 Å². The van der Waals surface area contributed by atoms with E-state index >= 15 is 0 Å². The van der Waals surface area contributed by atoms with Crippen LogP contribution in [0.5, 0.6) is 5.75 Å². The van der Waals surface area contributed by atoms with Crippen molar-refractivity contribution in [3.05, 3.63) is 50.9 Å². The summed E-state index contributed by atoms with van der Waals surface area (Å²) >= 11 is 6.78. The number of fused-ring (bicyclic) bond motifs is 1. The van der Waals surface area contributed by atoms with E-state index in [0.29, 0.717) is 16.0 Å². The highest BCUT2D eigenvalue weighted by atomic mass is 79.9. The van der Waals surface area contributed by atoms with E-state index in [4.69, 9.17) is 0 Å². The minimum atomic E-state index is 0.167. The molecule has 3 rings (SSSR count). The van der Waals surface area contributed by atoms with Crippen LogP contribution in [0.3, 0.4) is 0 Å². The standard InChI is InChI=1S/C19H19Br2N3O/c1-2-3-6-9-24-17-8-5-4-7-16(17)23-19(24)22-12-13-10-14(20)11-15(21)18(13)25/h4-5,7-8,10-12,25H,2-3,6,9H2,1H3. The van der Waals surface area contributed by atoms with E-state index in [0.717, 1.165) is 28.5 Å². The topological polar surface area (TPSA) is 50.4 Å². The van der Waals surface area contributed by atoms with Gasteiger partial charge in [-0.1, -0.05) is 47.8 Å². The first-order valence-electron chi connectivity index (χ1n) is 8.27. The third-order valence-electron chi connectivity index (χ3n) is 4.00. The highest BCUT2D eigenvalue weighted by Crippen LogP contribution is 2.31. The van der Waals surface area contributed by atoms with Gasteiger partial charge in [0.1, 0.15) is 5.75 Å². The number of aliphatic imine (C=N–C) groups is 1. The van der Waals surface area contributed by atoms with Gasteiger partial charge in [0.15, 0.2) is 0 Å². The Morgan fingerprint density at radius 3 is 2.80 bits per heavy atom. The van der Waals surface area contributed by atoms with Crippen LogP contribution in [-0.4, -0.2) is 20.9 Å². The zero-order valence-corrected chi connectivity index (χ0v) is 17.1. The molecule has 0 saturated heterocycles. The van der Waals surface area contributed by atoms with Crippen LogP contribution in [0.25, 0.3) is 11.0 Å². The zero-order chi connectivity index (χ0) is 17.8. The molecular formula is C19H19Br2N3O. The number of unbranched alkanes of at least 4 members (excludes halogenated alkanes) is 2. The summed E-state index contributed by atoms with van der Waals surface area (Å²) in [6.07, 6.45) is 5.09. The molecule has 0 aliphatic carbocycles. The first-order chi connectivity index (χ1) is 12.1. The number of phenols is 1. The van der Waals surface area contributed by atoms with Crippen molar-refractivity contribution >= 4 is 55.1 Å². The number of hydrogen-bond acceptors (Lipinski definition) is 3. The van der Waals surface area contributed by atoms with Gasteiger partial charge in [-0.2, -0.15) is 0 Å². The summed E-state index contributed by atoms with van der Waals surface area (Å²) < 4.78 is 3.64. The van der Waals surface area contributed by atoms with Gasteiger partial charge in [-0.3, -0.25) is 0 Å². The molecule has 1 N–H and O–H groups in total. The quantitative estimate of drug-likeness (QED) is 0.348. The molecule has 130 valence electrons. The monoisotopic (exact) mass is 463 g/mol. The van der Waals surface area contributed by atoms with Crippen molar-refractivity contribution in [2.24, 2.45) is 4.99 Å². The number of para-hydroxylation sites is 2. The van der Waals surface area contributed by atoms with Crippen LogP contribution in [0.4, 0.5) is 5.95 Å². The molecule has 0 aliphatic rings. The molecule has 4 nitrogen and oxygen atoms in total. The minimum absolute atomic E-state index is 0.167. The van der Waals surface area contributed by atoms with Crippen LogP contribution in [0.1, 0.15) is 31.7 Å². The van der Waals surface area contributed by atoms with E-state index in [1.807, 2.05) is 24.3 Å². The molecule has 0 saturated carbocycles. The Morgan fingerprint density at radius 2 is 2.00 bits per heavy atom. The van der Waals surface area contributed by atoms with Crippen molar-refractivity contribution in [2.75, 3.05) is 0 Å². The molecule has 6 heteroatoms. The average molecular weight is 465 g/mol.